The molecule has 0 radical (unpaired) electrons. The van der Waals surface area contributed by atoms with E-state index in [0.717, 1.165) is 19.0 Å². The molecule has 1 aliphatic rings. The summed E-state index contributed by atoms with van der Waals surface area (Å²) in [7, 11) is 0. The van der Waals surface area contributed by atoms with E-state index < -0.39 is 11.9 Å². The zero-order chi connectivity index (χ0) is 11.1. The molecule has 0 fully saturated rings. The average molecular weight is 292 g/mol. The van der Waals surface area contributed by atoms with Crippen molar-refractivity contribution in [1.29, 1.82) is 0 Å². The number of hydrogen-bond donors (Lipinski definition) is 1. The highest BCUT2D eigenvalue weighted by atomic mass is 35.5. The zero-order valence-electron chi connectivity index (χ0n) is 8.91. The molecule has 100 valence electrons. The van der Waals surface area contributed by atoms with Crippen LogP contribution in [0.25, 0.3) is 0 Å². The van der Waals surface area contributed by atoms with Crippen molar-refractivity contribution >= 4 is 24.8 Å². The highest BCUT2D eigenvalue weighted by molar-refractivity contribution is 5.85. The normalized spacial score (nSPS) is 18.9. The second-order valence-corrected chi connectivity index (χ2v) is 3.75. The van der Waals surface area contributed by atoms with E-state index in [0.29, 0.717) is 18.9 Å². The number of alkyl halides is 3. The van der Waals surface area contributed by atoms with E-state index in [9.17, 15) is 13.2 Å². The Labute approximate surface area is 109 Å². The minimum atomic E-state index is -4.36. The molecule has 2 heterocycles. The molecule has 0 saturated heterocycles. The highest BCUT2D eigenvalue weighted by Gasteiger charge is 2.36. The standard InChI is InChI=1S/C9H12F3N3.2ClH/c10-9(11,12)7-5-15-3-1-2-6(4-13)8(15)14-7;;/h5-6H,1-4,13H2;2*1H. The maximum Gasteiger partial charge on any atom is 0.434 e. The molecule has 1 aromatic heterocycles. The first-order valence-corrected chi connectivity index (χ1v) is 4.86. The molecule has 1 atom stereocenters. The molecule has 2 N–H and O–H groups in total. The Balaban J connectivity index is 0.00000128. The average Bonchev–Trinajstić information content (AvgIpc) is 2.59. The molecular formula is C9H14Cl2F3N3. The number of nitrogens with two attached hydrogens (primary N) is 1. The number of fused-ring (bicyclic) bond motifs is 1. The number of hydrogen-bond acceptors (Lipinski definition) is 2. The monoisotopic (exact) mass is 291 g/mol. The van der Waals surface area contributed by atoms with E-state index in [2.05, 4.69) is 4.98 Å². The topological polar surface area (TPSA) is 43.8 Å². The van der Waals surface area contributed by atoms with E-state index in [1.54, 1.807) is 4.57 Å². The van der Waals surface area contributed by atoms with Crippen LogP contribution in [-0.4, -0.2) is 16.1 Å². The maximum atomic E-state index is 12.4. The van der Waals surface area contributed by atoms with Crippen LogP contribution in [0.4, 0.5) is 13.2 Å². The number of rotatable bonds is 1. The molecule has 0 saturated carbocycles. The predicted octanol–water partition coefficient (Wildman–Crippen LogP) is 2.58. The maximum absolute atomic E-state index is 12.4. The van der Waals surface area contributed by atoms with Gasteiger partial charge in [-0.05, 0) is 12.8 Å². The summed E-state index contributed by atoms with van der Waals surface area (Å²) in [5.41, 5.74) is 4.69. The van der Waals surface area contributed by atoms with E-state index in [-0.39, 0.29) is 30.7 Å². The van der Waals surface area contributed by atoms with Crippen molar-refractivity contribution in [2.24, 2.45) is 5.73 Å². The first-order chi connectivity index (χ1) is 7.02. The summed E-state index contributed by atoms with van der Waals surface area (Å²) in [6.07, 6.45) is -1.59. The molecule has 1 unspecified atom stereocenters. The molecular weight excluding hydrogens is 278 g/mol. The van der Waals surface area contributed by atoms with Gasteiger partial charge in [0.1, 0.15) is 5.82 Å². The first-order valence-electron chi connectivity index (χ1n) is 4.86. The van der Waals surface area contributed by atoms with Gasteiger partial charge in [-0.15, -0.1) is 24.8 Å². The number of imidazole rings is 1. The second kappa shape index (κ2) is 5.93. The molecule has 0 bridgehead atoms. The minimum Gasteiger partial charge on any atom is -0.334 e. The summed E-state index contributed by atoms with van der Waals surface area (Å²) < 4.78 is 38.8. The molecule has 1 aliphatic heterocycles. The van der Waals surface area contributed by atoms with Crippen molar-refractivity contribution in [3.8, 4) is 0 Å². The van der Waals surface area contributed by atoms with Gasteiger partial charge in [0.25, 0.3) is 0 Å². The van der Waals surface area contributed by atoms with Crippen molar-refractivity contribution in [2.75, 3.05) is 6.54 Å². The molecule has 17 heavy (non-hydrogen) atoms. The number of nitrogens with zero attached hydrogens (tertiary/aromatic N) is 2. The summed E-state index contributed by atoms with van der Waals surface area (Å²) in [5, 5.41) is 0. The van der Waals surface area contributed by atoms with E-state index in [4.69, 9.17) is 5.73 Å². The Kier molecular flexibility index (Phi) is 5.77. The van der Waals surface area contributed by atoms with Gasteiger partial charge < -0.3 is 10.3 Å². The number of halogens is 5. The van der Waals surface area contributed by atoms with Gasteiger partial charge in [0.15, 0.2) is 5.69 Å². The lowest BCUT2D eigenvalue weighted by Gasteiger charge is -2.21. The van der Waals surface area contributed by atoms with Gasteiger partial charge in [-0.1, -0.05) is 0 Å². The van der Waals surface area contributed by atoms with Crippen LogP contribution in [0.5, 0.6) is 0 Å². The highest BCUT2D eigenvalue weighted by Crippen LogP contribution is 2.32. The van der Waals surface area contributed by atoms with Crippen LogP contribution in [0.15, 0.2) is 6.20 Å². The number of aromatic nitrogens is 2. The summed E-state index contributed by atoms with van der Waals surface area (Å²) in [6.45, 7) is 0.962. The third-order valence-corrected chi connectivity index (χ3v) is 2.70. The molecule has 8 heteroatoms. The molecule has 0 amide bonds. The van der Waals surface area contributed by atoms with Crippen LogP contribution in [0.2, 0.25) is 0 Å². The summed E-state index contributed by atoms with van der Waals surface area (Å²) >= 11 is 0. The lowest BCUT2D eigenvalue weighted by Crippen LogP contribution is -2.22. The van der Waals surface area contributed by atoms with E-state index in [1.165, 1.54) is 0 Å². The lowest BCUT2D eigenvalue weighted by molar-refractivity contribution is -0.141. The summed E-state index contributed by atoms with van der Waals surface area (Å²) in [6, 6.07) is 0. The Hall–Kier alpha value is -0.460. The van der Waals surface area contributed by atoms with Crippen molar-refractivity contribution in [3.05, 3.63) is 17.7 Å². The van der Waals surface area contributed by atoms with Crippen LogP contribution < -0.4 is 5.73 Å². The molecule has 2 rings (SSSR count). The SMILES string of the molecule is Cl.Cl.NCC1CCCn2cc(C(F)(F)F)nc21. The predicted molar refractivity (Wildman–Crippen MR) is 62.8 cm³/mol. The summed E-state index contributed by atoms with van der Waals surface area (Å²) in [5.74, 6) is 0.450. The molecule has 0 spiro atoms. The Bertz CT molecular complexity index is 365. The van der Waals surface area contributed by atoms with E-state index >= 15 is 0 Å². The van der Waals surface area contributed by atoms with E-state index in [1.807, 2.05) is 0 Å². The van der Waals surface area contributed by atoms with Crippen molar-refractivity contribution in [1.82, 2.24) is 9.55 Å². The van der Waals surface area contributed by atoms with Crippen molar-refractivity contribution in [2.45, 2.75) is 31.5 Å². The Morgan fingerprint density at radius 1 is 1.41 bits per heavy atom. The fourth-order valence-electron chi connectivity index (χ4n) is 1.93. The third kappa shape index (κ3) is 3.26. The van der Waals surface area contributed by atoms with Crippen molar-refractivity contribution < 1.29 is 13.2 Å². The van der Waals surface area contributed by atoms with Crippen LogP contribution in [-0.2, 0) is 12.7 Å². The number of aryl methyl sites for hydroxylation is 1. The Morgan fingerprint density at radius 2 is 2.06 bits per heavy atom. The lowest BCUT2D eigenvalue weighted by atomic mass is 9.99. The fraction of sp³-hybridized carbons (Fsp3) is 0.667. The second-order valence-electron chi connectivity index (χ2n) is 3.75. The molecule has 3 nitrogen and oxygen atoms in total. The van der Waals surface area contributed by atoms with Gasteiger partial charge in [0.05, 0.1) is 0 Å². The van der Waals surface area contributed by atoms with Gasteiger partial charge >= 0.3 is 6.18 Å². The third-order valence-electron chi connectivity index (χ3n) is 2.70. The van der Waals surface area contributed by atoms with Gasteiger partial charge in [0.2, 0.25) is 0 Å². The van der Waals surface area contributed by atoms with Crippen LogP contribution >= 0.6 is 24.8 Å². The van der Waals surface area contributed by atoms with Crippen LogP contribution in [0, 0.1) is 0 Å². The van der Waals surface area contributed by atoms with Gasteiger partial charge in [-0.2, -0.15) is 13.2 Å². The van der Waals surface area contributed by atoms with Crippen LogP contribution in [0.1, 0.15) is 30.3 Å². The van der Waals surface area contributed by atoms with Crippen molar-refractivity contribution in [3.63, 3.8) is 0 Å². The van der Waals surface area contributed by atoms with Crippen LogP contribution in [0.3, 0.4) is 0 Å². The van der Waals surface area contributed by atoms with Gasteiger partial charge in [-0.25, -0.2) is 4.98 Å². The summed E-state index contributed by atoms with van der Waals surface area (Å²) in [4.78, 5) is 3.63. The molecule has 1 aromatic rings. The largest absolute Gasteiger partial charge is 0.434 e. The first kappa shape index (κ1) is 16.5. The molecule has 0 aromatic carbocycles. The molecule has 0 aliphatic carbocycles. The zero-order valence-corrected chi connectivity index (χ0v) is 10.5. The minimum absolute atomic E-state index is 0. The fourth-order valence-corrected chi connectivity index (χ4v) is 1.93. The van der Waals surface area contributed by atoms with Gasteiger partial charge in [-0.3, -0.25) is 0 Å². The Morgan fingerprint density at radius 3 is 2.59 bits per heavy atom. The smallest absolute Gasteiger partial charge is 0.334 e. The van der Waals surface area contributed by atoms with Gasteiger partial charge in [0, 0.05) is 25.2 Å². The quantitative estimate of drug-likeness (QED) is 0.864.